The zero-order chi connectivity index (χ0) is 14.6. The first-order valence-electron chi connectivity index (χ1n) is 7.76. The van der Waals surface area contributed by atoms with Crippen LogP contribution in [-0.2, 0) is 11.3 Å². The molecule has 112 valence electrons. The van der Waals surface area contributed by atoms with Crippen molar-refractivity contribution in [2.75, 3.05) is 6.54 Å². The zero-order valence-electron chi connectivity index (χ0n) is 12.8. The van der Waals surface area contributed by atoms with Gasteiger partial charge in [0.15, 0.2) is 0 Å². The molecule has 1 aliphatic rings. The highest BCUT2D eigenvalue weighted by molar-refractivity contribution is 5.16. The van der Waals surface area contributed by atoms with Gasteiger partial charge in [-0.05, 0) is 31.9 Å². The van der Waals surface area contributed by atoms with Crippen LogP contribution in [0, 0.1) is 11.2 Å². The van der Waals surface area contributed by atoms with Gasteiger partial charge in [-0.3, -0.25) is 0 Å². The van der Waals surface area contributed by atoms with Crippen LogP contribution in [0.2, 0.25) is 0 Å². The number of ether oxygens (including phenoxy) is 1. The van der Waals surface area contributed by atoms with Crippen molar-refractivity contribution in [3.63, 3.8) is 0 Å². The van der Waals surface area contributed by atoms with Gasteiger partial charge in [-0.25, -0.2) is 4.39 Å². The summed E-state index contributed by atoms with van der Waals surface area (Å²) < 4.78 is 19.7. The first-order chi connectivity index (χ1) is 9.67. The van der Waals surface area contributed by atoms with Gasteiger partial charge in [-0.1, -0.05) is 39.0 Å². The molecule has 0 aliphatic heterocycles. The highest BCUT2D eigenvalue weighted by Gasteiger charge is 2.52. The van der Waals surface area contributed by atoms with E-state index in [0.29, 0.717) is 18.2 Å². The predicted octanol–water partition coefficient (Wildman–Crippen LogP) is 3.90. The highest BCUT2D eigenvalue weighted by Crippen LogP contribution is 2.49. The molecule has 1 N–H and O–H groups in total. The van der Waals surface area contributed by atoms with Gasteiger partial charge < -0.3 is 10.1 Å². The third-order valence-electron chi connectivity index (χ3n) is 4.95. The van der Waals surface area contributed by atoms with Crippen LogP contribution in [0.15, 0.2) is 24.3 Å². The van der Waals surface area contributed by atoms with Crippen molar-refractivity contribution >= 4 is 0 Å². The maximum atomic E-state index is 13.6. The van der Waals surface area contributed by atoms with Gasteiger partial charge in [0, 0.05) is 17.0 Å². The van der Waals surface area contributed by atoms with E-state index in [1.165, 1.54) is 6.07 Å². The number of halogens is 1. The van der Waals surface area contributed by atoms with E-state index in [0.717, 1.165) is 25.8 Å². The molecule has 1 aromatic carbocycles. The molecule has 0 saturated heterocycles. The molecule has 0 radical (unpaired) electrons. The van der Waals surface area contributed by atoms with E-state index in [-0.39, 0.29) is 17.3 Å². The molecule has 20 heavy (non-hydrogen) atoms. The second kappa shape index (κ2) is 6.68. The van der Waals surface area contributed by atoms with Crippen LogP contribution in [0.4, 0.5) is 4.39 Å². The van der Waals surface area contributed by atoms with E-state index in [4.69, 9.17) is 4.74 Å². The predicted molar refractivity (Wildman–Crippen MR) is 80.1 cm³/mol. The number of rotatable bonds is 7. The maximum absolute atomic E-state index is 13.6. The lowest BCUT2D eigenvalue weighted by atomic mass is 9.58. The summed E-state index contributed by atoms with van der Waals surface area (Å²) >= 11 is 0. The normalized spacial score (nSPS) is 24.4. The molecule has 0 amide bonds. The summed E-state index contributed by atoms with van der Waals surface area (Å²) in [4.78, 5) is 0. The standard InChI is InChI=1S/C17H26FNO/c1-4-17(5-2)15(19-6-3)11-16(17)20-12-13-9-7-8-10-14(13)18/h7-10,15-16,19H,4-6,11-12H2,1-3H3. The summed E-state index contributed by atoms with van der Waals surface area (Å²) in [5.41, 5.74) is 0.863. The van der Waals surface area contributed by atoms with Crippen LogP contribution in [0.5, 0.6) is 0 Å². The fourth-order valence-corrected chi connectivity index (χ4v) is 3.52. The van der Waals surface area contributed by atoms with Gasteiger partial charge in [0.05, 0.1) is 12.7 Å². The summed E-state index contributed by atoms with van der Waals surface area (Å²) in [5, 5.41) is 3.56. The van der Waals surface area contributed by atoms with Crippen molar-refractivity contribution in [2.24, 2.45) is 5.41 Å². The third kappa shape index (κ3) is 2.75. The van der Waals surface area contributed by atoms with Crippen LogP contribution in [0.3, 0.4) is 0 Å². The highest BCUT2D eigenvalue weighted by atomic mass is 19.1. The monoisotopic (exact) mass is 279 g/mol. The van der Waals surface area contributed by atoms with Gasteiger partial charge in [-0.2, -0.15) is 0 Å². The number of hydrogen-bond acceptors (Lipinski definition) is 2. The smallest absolute Gasteiger partial charge is 0.128 e. The van der Waals surface area contributed by atoms with E-state index in [1.807, 2.05) is 6.07 Å². The van der Waals surface area contributed by atoms with Crippen LogP contribution < -0.4 is 5.32 Å². The molecule has 2 unspecified atom stereocenters. The van der Waals surface area contributed by atoms with E-state index in [9.17, 15) is 4.39 Å². The molecule has 3 heteroatoms. The summed E-state index contributed by atoms with van der Waals surface area (Å²) in [6, 6.07) is 7.40. The Morgan fingerprint density at radius 2 is 1.95 bits per heavy atom. The molecular weight excluding hydrogens is 253 g/mol. The largest absolute Gasteiger partial charge is 0.373 e. The van der Waals surface area contributed by atoms with E-state index < -0.39 is 0 Å². The van der Waals surface area contributed by atoms with Crippen molar-refractivity contribution < 1.29 is 9.13 Å². The average Bonchev–Trinajstić information content (AvgIpc) is 2.45. The quantitative estimate of drug-likeness (QED) is 0.817. The zero-order valence-corrected chi connectivity index (χ0v) is 12.8. The van der Waals surface area contributed by atoms with Gasteiger partial charge in [-0.15, -0.1) is 0 Å². The van der Waals surface area contributed by atoms with Crippen LogP contribution >= 0.6 is 0 Å². The van der Waals surface area contributed by atoms with Gasteiger partial charge >= 0.3 is 0 Å². The summed E-state index contributed by atoms with van der Waals surface area (Å²) in [7, 11) is 0. The van der Waals surface area contributed by atoms with E-state index in [1.54, 1.807) is 12.1 Å². The van der Waals surface area contributed by atoms with Gasteiger partial charge in [0.25, 0.3) is 0 Å². The van der Waals surface area contributed by atoms with Crippen LogP contribution in [-0.4, -0.2) is 18.7 Å². The molecule has 0 aromatic heterocycles. The first kappa shape index (κ1) is 15.5. The van der Waals surface area contributed by atoms with Crippen LogP contribution in [0.1, 0.15) is 45.6 Å². The van der Waals surface area contributed by atoms with Gasteiger partial charge in [0.2, 0.25) is 0 Å². The SMILES string of the molecule is CCNC1CC(OCc2ccccc2F)C1(CC)CC. The number of nitrogens with one attached hydrogen (secondary N) is 1. The van der Waals surface area contributed by atoms with E-state index >= 15 is 0 Å². The van der Waals surface area contributed by atoms with Crippen LogP contribution in [0.25, 0.3) is 0 Å². The van der Waals surface area contributed by atoms with Crippen molar-refractivity contribution in [1.29, 1.82) is 0 Å². The molecule has 2 nitrogen and oxygen atoms in total. The fraction of sp³-hybridized carbons (Fsp3) is 0.647. The second-order valence-electron chi connectivity index (χ2n) is 5.68. The minimum atomic E-state index is -0.173. The second-order valence-corrected chi connectivity index (χ2v) is 5.68. The van der Waals surface area contributed by atoms with Crippen molar-refractivity contribution in [1.82, 2.24) is 5.32 Å². The topological polar surface area (TPSA) is 21.3 Å². The Balaban J connectivity index is 1.98. The van der Waals surface area contributed by atoms with Crippen molar-refractivity contribution in [3.8, 4) is 0 Å². The minimum Gasteiger partial charge on any atom is -0.373 e. The summed E-state index contributed by atoms with van der Waals surface area (Å²) in [5.74, 6) is -0.173. The summed E-state index contributed by atoms with van der Waals surface area (Å²) in [6.45, 7) is 7.97. The Kier molecular flexibility index (Phi) is 5.17. The number of hydrogen-bond donors (Lipinski definition) is 1. The van der Waals surface area contributed by atoms with Gasteiger partial charge in [0.1, 0.15) is 5.82 Å². The molecule has 1 aromatic rings. The van der Waals surface area contributed by atoms with Crippen molar-refractivity contribution in [3.05, 3.63) is 35.6 Å². The third-order valence-corrected chi connectivity index (χ3v) is 4.95. The molecule has 2 atom stereocenters. The Morgan fingerprint density at radius 3 is 2.55 bits per heavy atom. The van der Waals surface area contributed by atoms with Crippen molar-refractivity contribution in [2.45, 2.75) is 58.8 Å². The Morgan fingerprint density at radius 1 is 1.25 bits per heavy atom. The Hall–Kier alpha value is -0.930. The molecule has 1 saturated carbocycles. The lowest BCUT2D eigenvalue weighted by molar-refractivity contribution is -0.147. The molecule has 2 rings (SSSR count). The molecule has 0 heterocycles. The molecule has 0 bridgehead atoms. The average molecular weight is 279 g/mol. The lowest BCUT2D eigenvalue weighted by Gasteiger charge is -2.55. The Labute approximate surface area is 121 Å². The molecule has 1 aliphatic carbocycles. The maximum Gasteiger partial charge on any atom is 0.128 e. The molecular formula is C17H26FNO. The summed E-state index contributed by atoms with van der Waals surface area (Å²) in [6.07, 6.45) is 3.47. The minimum absolute atomic E-state index is 0.173. The van der Waals surface area contributed by atoms with E-state index in [2.05, 4.69) is 26.1 Å². The molecule has 0 spiro atoms. The lowest BCUT2D eigenvalue weighted by Crippen LogP contribution is -2.63. The molecule has 1 fully saturated rings. The fourth-order valence-electron chi connectivity index (χ4n) is 3.52. The Bertz CT molecular complexity index is 431. The first-order valence-corrected chi connectivity index (χ1v) is 7.76. The number of benzene rings is 1.